The molecule has 3 nitrogen and oxygen atoms in total. The lowest BCUT2D eigenvalue weighted by Gasteiger charge is -2.34. The van der Waals surface area contributed by atoms with Gasteiger partial charge >= 0.3 is 0 Å². The molecule has 1 saturated carbocycles. The van der Waals surface area contributed by atoms with Crippen molar-refractivity contribution in [2.45, 2.75) is 31.6 Å². The highest BCUT2D eigenvalue weighted by atomic mass is 32.1. The van der Waals surface area contributed by atoms with Crippen LogP contribution < -0.4 is 0 Å². The van der Waals surface area contributed by atoms with Crippen LogP contribution in [-0.2, 0) is 4.79 Å². The summed E-state index contributed by atoms with van der Waals surface area (Å²) in [6.45, 7) is 1.80. The number of piperidine rings is 1. The number of fused-ring (bicyclic) bond motifs is 3. The Labute approximate surface area is 146 Å². The molecular weight excluding hydrogens is 316 g/mol. The van der Waals surface area contributed by atoms with Crippen LogP contribution in [0.25, 0.3) is 10.2 Å². The van der Waals surface area contributed by atoms with Gasteiger partial charge in [0.25, 0.3) is 0 Å². The zero-order valence-electron chi connectivity index (χ0n) is 13.7. The number of thiazole rings is 1. The maximum absolute atomic E-state index is 12.9. The Morgan fingerprint density at radius 2 is 1.96 bits per heavy atom. The third-order valence-electron chi connectivity index (χ3n) is 6.06. The Morgan fingerprint density at radius 1 is 1.12 bits per heavy atom. The molecule has 1 aliphatic heterocycles. The monoisotopic (exact) mass is 338 g/mol. The topological polar surface area (TPSA) is 33.2 Å². The Kier molecular flexibility index (Phi) is 3.47. The van der Waals surface area contributed by atoms with Gasteiger partial charge in [-0.2, -0.15) is 0 Å². The van der Waals surface area contributed by atoms with Gasteiger partial charge in [0.15, 0.2) is 0 Å². The van der Waals surface area contributed by atoms with E-state index in [1.54, 1.807) is 0 Å². The molecule has 2 bridgehead atoms. The smallest absolute Gasteiger partial charge is 0.226 e. The van der Waals surface area contributed by atoms with Crippen LogP contribution in [-0.4, -0.2) is 28.9 Å². The molecule has 3 unspecified atom stereocenters. The van der Waals surface area contributed by atoms with Gasteiger partial charge in [0.1, 0.15) is 0 Å². The molecule has 2 aromatic rings. The zero-order valence-corrected chi connectivity index (χ0v) is 14.5. The molecule has 124 valence electrons. The summed E-state index contributed by atoms with van der Waals surface area (Å²) in [6, 6.07) is 8.38. The van der Waals surface area contributed by atoms with Crippen LogP contribution in [0, 0.1) is 17.8 Å². The van der Waals surface area contributed by atoms with Gasteiger partial charge in [0.2, 0.25) is 5.91 Å². The molecule has 0 spiro atoms. The second-order valence-electron chi connectivity index (χ2n) is 7.51. The van der Waals surface area contributed by atoms with Crippen molar-refractivity contribution in [1.82, 2.24) is 9.88 Å². The van der Waals surface area contributed by atoms with E-state index in [-0.39, 0.29) is 5.92 Å². The van der Waals surface area contributed by atoms with E-state index >= 15 is 0 Å². The van der Waals surface area contributed by atoms with Crippen LogP contribution >= 0.6 is 11.3 Å². The Hall–Kier alpha value is -1.68. The quantitative estimate of drug-likeness (QED) is 0.768. The van der Waals surface area contributed by atoms with Crippen molar-refractivity contribution in [3.8, 4) is 0 Å². The van der Waals surface area contributed by atoms with Crippen molar-refractivity contribution < 1.29 is 4.79 Å². The predicted molar refractivity (Wildman–Crippen MR) is 97.0 cm³/mol. The van der Waals surface area contributed by atoms with Crippen LogP contribution in [0.5, 0.6) is 0 Å². The summed E-state index contributed by atoms with van der Waals surface area (Å²) in [5.74, 6) is 2.38. The molecule has 3 atom stereocenters. The number of likely N-dealkylation sites (tertiary alicyclic amines) is 1. The van der Waals surface area contributed by atoms with Crippen LogP contribution in [0.15, 0.2) is 36.4 Å². The van der Waals surface area contributed by atoms with E-state index < -0.39 is 0 Å². The van der Waals surface area contributed by atoms with Gasteiger partial charge in [-0.05, 0) is 49.7 Å². The average Bonchev–Trinajstić information content (AvgIpc) is 3.35. The highest BCUT2D eigenvalue weighted by molar-refractivity contribution is 7.18. The van der Waals surface area contributed by atoms with E-state index in [0.717, 1.165) is 37.9 Å². The minimum atomic E-state index is 0.263. The maximum Gasteiger partial charge on any atom is 0.226 e. The molecule has 0 N–H and O–H groups in total. The van der Waals surface area contributed by atoms with E-state index in [9.17, 15) is 4.79 Å². The van der Waals surface area contributed by atoms with E-state index in [4.69, 9.17) is 4.98 Å². The SMILES string of the molecule is O=C(C1CC2C=CC1C2)N1CCC(c2nc3ccccc3s2)CC1. The van der Waals surface area contributed by atoms with Crippen molar-refractivity contribution >= 4 is 27.5 Å². The van der Waals surface area contributed by atoms with Gasteiger partial charge in [-0.3, -0.25) is 4.79 Å². The fourth-order valence-corrected chi connectivity index (χ4v) is 5.85. The van der Waals surface area contributed by atoms with Crippen LogP contribution in [0.1, 0.15) is 36.6 Å². The highest BCUT2D eigenvalue weighted by Crippen LogP contribution is 2.44. The molecule has 1 amide bonds. The molecule has 2 fully saturated rings. The number of allylic oxidation sites excluding steroid dienone is 2. The molecule has 3 aliphatic rings. The van der Waals surface area contributed by atoms with Gasteiger partial charge in [0.05, 0.1) is 15.2 Å². The lowest BCUT2D eigenvalue weighted by molar-refractivity contribution is -0.137. The number of carbonyl (C=O) groups is 1. The third kappa shape index (κ3) is 2.39. The largest absolute Gasteiger partial charge is 0.342 e. The fraction of sp³-hybridized carbons (Fsp3) is 0.500. The highest BCUT2D eigenvalue weighted by Gasteiger charge is 2.42. The summed E-state index contributed by atoms with van der Waals surface area (Å²) in [5, 5.41) is 1.26. The number of hydrogen-bond acceptors (Lipinski definition) is 3. The summed E-state index contributed by atoms with van der Waals surface area (Å²) < 4.78 is 1.28. The molecule has 5 rings (SSSR count). The number of hydrogen-bond donors (Lipinski definition) is 0. The number of benzene rings is 1. The van der Waals surface area contributed by atoms with Gasteiger partial charge in [-0.25, -0.2) is 4.98 Å². The maximum atomic E-state index is 12.9. The molecule has 1 aromatic carbocycles. The Morgan fingerprint density at radius 3 is 2.67 bits per heavy atom. The summed E-state index contributed by atoms with van der Waals surface area (Å²) in [5.41, 5.74) is 1.12. The third-order valence-corrected chi connectivity index (χ3v) is 7.26. The number of nitrogens with zero attached hydrogens (tertiary/aromatic N) is 2. The molecule has 24 heavy (non-hydrogen) atoms. The first-order valence-electron chi connectivity index (χ1n) is 9.10. The van der Waals surface area contributed by atoms with Crippen molar-refractivity contribution in [2.24, 2.45) is 17.8 Å². The van der Waals surface area contributed by atoms with Crippen molar-refractivity contribution in [1.29, 1.82) is 0 Å². The van der Waals surface area contributed by atoms with Gasteiger partial charge < -0.3 is 4.90 Å². The lowest BCUT2D eigenvalue weighted by atomic mass is 9.90. The Bertz CT molecular complexity index is 770. The summed E-state index contributed by atoms with van der Waals surface area (Å²) in [7, 11) is 0. The van der Waals surface area contributed by atoms with Crippen molar-refractivity contribution in [3.05, 3.63) is 41.4 Å². The van der Waals surface area contributed by atoms with E-state index in [2.05, 4.69) is 41.3 Å². The fourth-order valence-electron chi connectivity index (χ4n) is 4.71. The number of aromatic nitrogens is 1. The minimum Gasteiger partial charge on any atom is -0.342 e. The molecule has 4 heteroatoms. The number of rotatable bonds is 2. The number of para-hydroxylation sites is 1. The van der Waals surface area contributed by atoms with Crippen LogP contribution in [0.3, 0.4) is 0 Å². The van der Waals surface area contributed by atoms with Crippen molar-refractivity contribution in [2.75, 3.05) is 13.1 Å². The summed E-state index contributed by atoms with van der Waals surface area (Å²) in [6.07, 6.45) is 9.00. The molecule has 2 heterocycles. The molecular formula is C20H22N2OS. The zero-order chi connectivity index (χ0) is 16.1. The van der Waals surface area contributed by atoms with E-state index in [1.807, 2.05) is 11.3 Å². The molecule has 1 saturated heterocycles. The molecule has 1 aromatic heterocycles. The first kappa shape index (κ1) is 14.6. The normalized spacial score (nSPS) is 29.7. The van der Waals surface area contributed by atoms with Crippen molar-refractivity contribution in [3.63, 3.8) is 0 Å². The van der Waals surface area contributed by atoms with Gasteiger partial charge in [-0.15, -0.1) is 11.3 Å². The second kappa shape index (κ2) is 5.69. The summed E-state index contributed by atoms with van der Waals surface area (Å²) >= 11 is 1.82. The van der Waals surface area contributed by atoms with Gasteiger partial charge in [-0.1, -0.05) is 24.3 Å². The van der Waals surface area contributed by atoms with Crippen LogP contribution in [0.2, 0.25) is 0 Å². The molecule has 2 aliphatic carbocycles. The first-order valence-corrected chi connectivity index (χ1v) is 9.92. The van der Waals surface area contributed by atoms with E-state index in [1.165, 1.54) is 16.1 Å². The first-order chi connectivity index (χ1) is 11.8. The second-order valence-corrected chi connectivity index (χ2v) is 8.57. The standard InChI is InChI=1S/C20H22N2OS/c23-20(16-12-13-5-6-15(16)11-13)22-9-7-14(8-10-22)19-21-17-3-1-2-4-18(17)24-19/h1-6,13-16H,7-12H2. The van der Waals surface area contributed by atoms with Gasteiger partial charge in [0, 0.05) is 24.9 Å². The van der Waals surface area contributed by atoms with Crippen LogP contribution in [0.4, 0.5) is 0 Å². The average molecular weight is 338 g/mol. The predicted octanol–water partition coefficient (Wildman–Crippen LogP) is 4.21. The number of amides is 1. The lowest BCUT2D eigenvalue weighted by Crippen LogP contribution is -2.42. The molecule has 0 radical (unpaired) electrons. The Balaban J connectivity index is 1.25. The summed E-state index contributed by atoms with van der Waals surface area (Å²) in [4.78, 5) is 19.8. The van der Waals surface area contributed by atoms with E-state index in [0.29, 0.717) is 23.7 Å². The minimum absolute atomic E-state index is 0.263. The number of carbonyl (C=O) groups excluding carboxylic acids is 1.